The van der Waals surface area contributed by atoms with Crippen LogP contribution in [0.4, 0.5) is 8.78 Å². The molecule has 3 heterocycles. The third kappa shape index (κ3) is 3.98. The molecule has 1 aliphatic rings. The maximum absolute atomic E-state index is 15.8. The minimum Gasteiger partial charge on any atom is -0.506 e. The van der Waals surface area contributed by atoms with Crippen molar-refractivity contribution in [3.05, 3.63) is 46.6 Å². The Morgan fingerprint density at radius 2 is 1.91 bits per heavy atom. The lowest BCUT2D eigenvalue weighted by Crippen LogP contribution is -2.33. The molecule has 0 radical (unpaired) electrons. The highest BCUT2D eigenvalue weighted by Crippen LogP contribution is 2.40. The summed E-state index contributed by atoms with van der Waals surface area (Å²) in [6, 6.07) is 5.48. The van der Waals surface area contributed by atoms with Crippen LogP contribution in [-0.2, 0) is 0 Å². The van der Waals surface area contributed by atoms with Gasteiger partial charge in [-0.2, -0.15) is 5.10 Å². The minimum absolute atomic E-state index is 0.00892. The first-order valence-corrected chi connectivity index (χ1v) is 11.3. The highest BCUT2D eigenvalue weighted by Gasteiger charge is 2.24. The van der Waals surface area contributed by atoms with Gasteiger partial charge >= 0.3 is 0 Å². The maximum Gasteiger partial charge on any atom is 0.173 e. The summed E-state index contributed by atoms with van der Waals surface area (Å²) in [5, 5.41) is 17.3. The predicted molar refractivity (Wildman–Crippen MR) is 124 cm³/mol. The molecule has 0 unspecified atom stereocenters. The molecule has 1 fully saturated rings. The molecule has 6 nitrogen and oxygen atoms in total. The van der Waals surface area contributed by atoms with E-state index >= 15 is 8.78 Å². The number of piperidine rings is 1. The van der Waals surface area contributed by atoms with Crippen LogP contribution in [-0.4, -0.2) is 51.4 Å². The number of aromatic nitrogens is 3. The largest absolute Gasteiger partial charge is 0.506 e. The molecule has 0 bridgehead atoms. The van der Waals surface area contributed by atoms with Crippen LogP contribution in [0, 0.1) is 18.6 Å². The van der Waals surface area contributed by atoms with E-state index in [0.717, 1.165) is 32.0 Å². The standard InChI is InChI=1S/C24H23ClF2N4O2/c1-13-19-21-20(23(28-24(19)30-29-13)14-5-6-17(32)15(25)11-14)16(26)12-18(22(21)27)33-10-9-31-7-3-2-4-8-31/h5-6,11-12,32H,2-4,7-10H2,1H3,(H,28,29,30). The fourth-order valence-electron chi connectivity index (χ4n) is 4.47. The molecule has 0 atom stereocenters. The molecule has 0 aliphatic carbocycles. The van der Waals surface area contributed by atoms with Crippen molar-refractivity contribution < 1.29 is 18.6 Å². The number of aromatic amines is 1. The van der Waals surface area contributed by atoms with E-state index in [0.29, 0.717) is 28.8 Å². The highest BCUT2D eigenvalue weighted by atomic mass is 35.5. The Hall–Kier alpha value is -2.97. The first kappa shape index (κ1) is 21.9. The summed E-state index contributed by atoms with van der Waals surface area (Å²) >= 11 is 6.07. The number of rotatable bonds is 5. The normalized spacial score (nSPS) is 14.9. The van der Waals surface area contributed by atoms with Gasteiger partial charge in [0.1, 0.15) is 18.2 Å². The quantitative estimate of drug-likeness (QED) is 0.396. The second kappa shape index (κ2) is 8.76. The molecule has 0 amide bonds. The van der Waals surface area contributed by atoms with Crippen molar-refractivity contribution in [1.82, 2.24) is 20.1 Å². The molecule has 1 saturated heterocycles. The van der Waals surface area contributed by atoms with Gasteiger partial charge in [-0.05, 0) is 51.1 Å². The zero-order valence-electron chi connectivity index (χ0n) is 18.1. The van der Waals surface area contributed by atoms with Gasteiger partial charge in [0.15, 0.2) is 17.2 Å². The van der Waals surface area contributed by atoms with Crippen molar-refractivity contribution in [2.24, 2.45) is 0 Å². The van der Waals surface area contributed by atoms with Gasteiger partial charge in [-0.15, -0.1) is 0 Å². The van der Waals surface area contributed by atoms with Gasteiger partial charge in [0.25, 0.3) is 0 Å². The van der Waals surface area contributed by atoms with Crippen LogP contribution in [0.25, 0.3) is 33.1 Å². The van der Waals surface area contributed by atoms with Crippen molar-refractivity contribution in [2.45, 2.75) is 26.2 Å². The van der Waals surface area contributed by atoms with Crippen LogP contribution in [0.3, 0.4) is 0 Å². The Labute approximate surface area is 194 Å². The topological polar surface area (TPSA) is 74.3 Å². The number of phenols is 1. The number of ether oxygens (including phenoxy) is 1. The van der Waals surface area contributed by atoms with E-state index in [2.05, 4.69) is 20.1 Å². The van der Waals surface area contributed by atoms with Crippen LogP contribution >= 0.6 is 11.6 Å². The van der Waals surface area contributed by atoms with Gasteiger partial charge in [0.05, 0.1) is 21.8 Å². The highest BCUT2D eigenvalue weighted by molar-refractivity contribution is 6.32. The second-order valence-electron chi connectivity index (χ2n) is 8.33. The zero-order chi connectivity index (χ0) is 23.1. The number of fused-ring (bicyclic) bond motifs is 3. The lowest BCUT2D eigenvalue weighted by molar-refractivity contribution is 0.180. The number of aryl methyl sites for hydroxylation is 1. The van der Waals surface area contributed by atoms with Gasteiger partial charge in [0, 0.05) is 28.9 Å². The lowest BCUT2D eigenvalue weighted by Gasteiger charge is -2.26. The molecule has 2 aromatic carbocycles. The number of H-pyrrole nitrogens is 1. The summed E-state index contributed by atoms with van der Waals surface area (Å²) in [4.78, 5) is 6.78. The Kier molecular flexibility index (Phi) is 5.80. The molecular formula is C24H23ClF2N4O2. The van der Waals surface area contributed by atoms with Crippen molar-refractivity contribution in [3.63, 3.8) is 0 Å². The number of hydrogen-bond donors (Lipinski definition) is 2. The minimum atomic E-state index is -0.659. The van der Waals surface area contributed by atoms with Crippen LogP contribution in [0.5, 0.6) is 11.5 Å². The van der Waals surface area contributed by atoms with Crippen LogP contribution in [0.1, 0.15) is 25.0 Å². The molecule has 1 aliphatic heterocycles. The fraction of sp³-hybridized carbons (Fsp3) is 0.333. The van der Waals surface area contributed by atoms with Crippen LogP contribution in [0.2, 0.25) is 5.02 Å². The van der Waals surface area contributed by atoms with Crippen LogP contribution in [0.15, 0.2) is 24.3 Å². The smallest absolute Gasteiger partial charge is 0.173 e. The molecule has 0 spiro atoms. The Bertz CT molecular complexity index is 1350. The predicted octanol–water partition coefficient (Wildman–Crippen LogP) is 5.59. The Balaban J connectivity index is 1.62. The SMILES string of the molecule is Cc1n[nH]c2nc(-c3ccc(O)c(Cl)c3)c3c(F)cc(OCCN4CCCCC4)c(F)c3c12. The number of nitrogens with zero attached hydrogens (tertiary/aromatic N) is 3. The van der Waals surface area contributed by atoms with Crippen molar-refractivity contribution in [1.29, 1.82) is 0 Å². The van der Waals surface area contributed by atoms with Crippen molar-refractivity contribution >= 4 is 33.4 Å². The molecule has 4 aromatic rings. The molecular weight excluding hydrogens is 450 g/mol. The summed E-state index contributed by atoms with van der Waals surface area (Å²) in [5.74, 6) is -1.57. The summed E-state index contributed by atoms with van der Waals surface area (Å²) in [6.07, 6.45) is 3.52. The maximum atomic E-state index is 15.8. The lowest BCUT2D eigenvalue weighted by atomic mass is 9.99. The first-order valence-electron chi connectivity index (χ1n) is 10.9. The average Bonchev–Trinajstić information content (AvgIpc) is 3.19. The summed E-state index contributed by atoms with van der Waals surface area (Å²) in [7, 11) is 0. The number of halogens is 3. The number of pyridine rings is 1. The molecule has 9 heteroatoms. The van der Waals surface area contributed by atoms with Gasteiger partial charge in [-0.1, -0.05) is 18.0 Å². The Morgan fingerprint density at radius 1 is 1.12 bits per heavy atom. The number of hydrogen-bond acceptors (Lipinski definition) is 5. The third-order valence-electron chi connectivity index (χ3n) is 6.16. The molecule has 5 rings (SSSR count). The number of nitrogens with one attached hydrogen (secondary N) is 1. The monoisotopic (exact) mass is 472 g/mol. The third-order valence-corrected chi connectivity index (χ3v) is 6.46. The fourth-order valence-corrected chi connectivity index (χ4v) is 4.65. The van der Waals surface area contributed by atoms with E-state index in [1.165, 1.54) is 18.6 Å². The average molecular weight is 473 g/mol. The molecule has 2 N–H and O–H groups in total. The molecule has 33 heavy (non-hydrogen) atoms. The van der Waals surface area contributed by atoms with Crippen molar-refractivity contribution in [3.8, 4) is 22.8 Å². The number of likely N-dealkylation sites (tertiary alicyclic amines) is 1. The van der Waals surface area contributed by atoms with Crippen LogP contribution < -0.4 is 4.74 Å². The van der Waals surface area contributed by atoms with Gasteiger partial charge in [0.2, 0.25) is 0 Å². The summed E-state index contributed by atoms with van der Waals surface area (Å²) in [5.41, 5.74) is 1.46. The van der Waals surface area contributed by atoms with E-state index in [-0.39, 0.29) is 39.6 Å². The Morgan fingerprint density at radius 3 is 2.67 bits per heavy atom. The van der Waals surface area contributed by atoms with E-state index in [1.54, 1.807) is 13.0 Å². The summed E-state index contributed by atoms with van der Waals surface area (Å²) in [6.45, 7) is 4.62. The number of benzene rings is 2. The van der Waals surface area contributed by atoms with E-state index in [1.807, 2.05) is 0 Å². The molecule has 2 aromatic heterocycles. The summed E-state index contributed by atoms with van der Waals surface area (Å²) < 4.78 is 37.0. The molecule has 0 saturated carbocycles. The van der Waals surface area contributed by atoms with E-state index < -0.39 is 11.6 Å². The van der Waals surface area contributed by atoms with Gasteiger partial charge in [-0.3, -0.25) is 10.00 Å². The van der Waals surface area contributed by atoms with Gasteiger partial charge < -0.3 is 9.84 Å². The first-order chi connectivity index (χ1) is 15.9. The van der Waals surface area contributed by atoms with E-state index in [4.69, 9.17) is 16.3 Å². The van der Waals surface area contributed by atoms with Crippen molar-refractivity contribution in [2.75, 3.05) is 26.2 Å². The zero-order valence-corrected chi connectivity index (χ0v) is 18.8. The number of aromatic hydroxyl groups is 1. The van der Waals surface area contributed by atoms with Gasteiger partial charge in [-0.25, -0.2) is 13.8 Å². The molecule has 172 valence electrons. The van der Waals surface area contributed by atoms with E-state index in [9.17, 15) is 5.11 Å². The second-order valence-corrected chi connectivity index (χ2v) is 8.74. The number of phenolic OH excluding ortho intramolecular Hbond substituents is 1.